The zero-order valence-corrected chi connectivity index (χ0v) is 14.6. The fourth-order valence-corrected chi connectivity index (χ4v) is 3.00. The molecule has 1 aliphatic carbocycles. The van der Waals surface area contributed by atoms with E-state index >= 15 is 0 Å². The first-order chi connectivity index (χ1) is 11.8. The first-order valence-electron chi connectivity index (χ1n) is 8.85. The summed E-state index contributed by atoms with van der Waals surface area (Å²) in [5.74, 6) is -2.14. The SMILES string of the molecule is CC[C@H](NC(=O)C1CCC(CNC(=O)CCCC(=O)O)CC1)C(=O)O. The molecule has 1 aliphatic rings. The maximum Gasteiger partial charge on any atom is 0.326 e. The third kappa shape index (κ3) is 8.00. The van der Waals surface area contributed by atoms with Gasteiger partial charge in [-0.2, -0.15) is 0 Å². The highest BCUT2D eigenvalue weighted by molar-refractivity contribution is 5.85. The van der Waals surface area contributed by atoms with Crippen LogP contribution in [0.25, 0.3) is 0 Å². The molecule has 1 atom stereocenters. The van der Waals surface area contributed by atoms with Crippen LogP contribution in [0, 0.1) is 11.8 Å². The minimum Gasteiger partial charge on any atom is -0.481 e. The average molecular weight is 356 g/mol. The number of carbonyl (C=O) groups is 4. The summed E-state index contributed by atoms with van der Waals surface area (Å²) < 4.78 is 0. The molecule has 25 heavy (non-hydrogen) atoms. The highest BCUT2D eigenvalue weighted by atomic mass is 16.4. The van der Waals surface area contributed by atoms with Gasteiger partial charge in [-0.3, -0.25) is 14.4 Å². The second-order valence-corrected chi connectivity index (χ2v) is 6.58. The van der Waals surface area contributed by atoms with Crippen molar-refractivity contribution in [2.75, 3.05) is 6.54 Å². The fourth-order valence-electron chi connectivity index (χ4n) is 3.00. The predicted octanol–water partition coefficient (Wildman–Crippen LogP) is 1.14. The Bertz CT molecular complexity index is 486. The highest BCUT2D eigenvalue weighted by Crippen LogP contribution is 2.28. The predicted molar refractivity (Wildman–Crippen MR) is 89.8 cm³/mol. The Hall–Kier alpha value is -2.12. The van der Waals surface area contributed by atoms with Gasteiger partial charge in [-0.25, -0.2) is 4.79 Å². The Morgan fingerprint density at radius 1 is 1.04 bits per heavy atom. The molecule has 0 bridgehead atoms. The molecule has 0 heterocycles. The molecular formula is C17H28N2O6. The molecule has 0 radical (unpaired) electrons. The summed E-state index contributed by atoms with van der Waals surface area (Å²) in [6.45, 7) is 2.25. The normalized spacial score (nSPS) is 21.2. The lowest BCUT2D eigenvalue weighted by Gasteiger charge is -2.28. The number of amides is 2. The zero-order chi connectivity index (χ0) is 18.8. The van der Waals surface area contributed by atoms with Gasteiger partial charge in [0.2, 0.25) is 11.8 Å². The standard InChI is InChI=1S/C17H28N2O6/c1-2-13(17(24)25)19-16(23)12-8-6-11(7-9-12)10-18-14(20)4-3-5-15(21)22/h11-13H,2-10H2,1H3,(H,18,20)(H,19,23)(H,21,22)(H,24,25)/t11?,12?,13-/m0/s1. The van der Waals surface area contributed by atoms with E-state index in [9.17, 15) is 19.2 Å². The minimum absolute atomic E-state index is 0.0112. The van der Waals surface area contributed by atoms with Crippen molar-refractivity contribution in [1.82, 2.24) is 10.6 Å². The molecule has 142 valence electrons. The molecule has 8 heteroatoms. The van der Waals surface area contributed by atoms with Crippen molar-refractivity contribution in [1.29, 1.82) is 0 Å². The van der Waals surface area contributed by atoms with E-state index in [1.807, 2.05) is 0 Å². The molecule has 1 saturated carbocycles. The zero-order valence-electron chi connectivity index (χ0n) is 14.6. The molecule has 4 N–H and O–H groups in total. The van der Waals surface area contributed by atoms with Crippen molar-refractivity contribution in [2.24, 2.45) is 11.8 Å². The van der Waals surface area contributed by atoms with Gasteiger partial charge >= 0.3 is 11.9 Å². The Balaban J connectivity index is 2.24. The Kier molecular flexibility index (Phi) is 8.94. The van der Waals surface area contributed by atoms with Crippen LogP contribution in [0.2, 0.25) is 0 Å². The van der Waals surface area contributed by atoms with Gasteiger partial charge in [0, 0.05) is 25.3 Å². The first-order valence-corrected chi connectivity index (χ1v) is 8.85. The van der Waals surface area contributed by atoms with E-state index in [-0.39, 0.29) is 30.6 Å². The Morgan fingerprint density at radius 2 is 1.68 bits per heavy atom. The molecule has 0 spiro atoms. The van der Waals surface area contributed by atoms with Gasteiger partial charge in [-0.05, 0) is 44.4 Å². The van der Waals surface area contributed by atoms with Crippen LogP contribution < -0.4 is 10.6 Å². The number of carbonyl (C=O) groups excluding carboxylic acids is 2. The van der Waals surface area contributed by atoms with Crippen molar-refractivity contribution >= 4 is 23.8 Å². The summed E-state index contributed by atoms with van der Waals surface area (Å²) in [5.41, 5.74) is 0. The monoisotopic (exact) mass is 356 g/mol. The number of rotatable bonds is 10. The molecule has 1 rings (SSSR count). The smallest absolute Gasteiger partial charge is 0.326 e. The van der Waals surface area contributed by atoms with E-state index in [0.717, 1.165) is 12.8 Å². The molecule has 0 saturated heterocycles. The third-order valence-electron chi connectivity index (χ3n) is 4.62. The van der Waals surface area contributed by atoms with E-state index in [1.54, 1.807) is 6.92 Å². The number of nitrogens with one attached hydrogen (secondary N) is 2. The summed E-state index contributed by atoms with van der Waals surface area (Å²) in [4.78, 5) is 45.1. The second-order valence-electron chi connectivity index (χ2n) is 6.58. The quantitative estimate of drug-likeness (QED) is 0.464. The summed E-state index contributed by atoms with van der Waals surface area (Å²) in [6.07, 6.45) is 3.85. The molecule has 0 aromatic carbocycles. The van der Waals surface area contributed by atoms with Gasteiger partial charge in [0.15, 0.2) is 0 Å². The number of carboxylic acids is 2. The topological polar surface area (TPSA) is 133 Å². The Labute approximate surface area is 147 Å². The maximum absolute atomic E-state index is 12.1. The third-order valence-corrected chi connectivity index (χ3v) is 4.62. The number of hydrogen-bond donors (Lipinski definition) is 4. The van der Waals surface area contributed by atoms with Crippen molar-refractivity contribution < 1.29 is 29.4 Å². The van der Waals surface area contributed by atoms with Crippen molar-refractivity contribution in [3.8, 4) is 0 Å². The van der Waals surface area contributed by atoms with Crippen LogP contribution in [0.1, 0.15) is 58.3 Å². The molecule has 8 nitrogen and oxygen atoms in total. The highest BCUT2D eigenvalue weighted by Gasteiger charge is 2.28. The molecule has 2 amide bonds. The molecule has 0 aromatic heterocycles. The molecule has 1 fully saturated rings. The van der Waals surface area contributed by atoms with Crippen LogP contribution in [0.4, 0.5) is 0 Å². The Morgan fingerprint density at radius 3 is 2.20 bits per heavy atom. The van der Waals surface area contributed by atoms with E-state index < -0.39 is 18.0 Å². The average Bonchev–Trinajstić information content (AvgIpc) is 2.57. The minimum atomic E-state index is -1.02. The lowest BCUT2D eigenvalue weighted by atomic mass is 9.81. The maximum atomic E-state index is 12.1. The number of aliphatic carboxylic acids is 2. The first kappa shape index (κ1) is 20.9. The van der Waals surface area contributed by atoms with Gasteiger partial charge in [-0.1, -0.05) is 6.92 Å². The van der Waals surface area contributed by atoms with Crippen molar-refractivity contribution in [2.45, 2.75) is 64.3 Å². The van der Waals surface area contributed by atoms with Gasteiger partial charge in [0.05, 0.1) is 0 Å². The van der Waals surface area contributed by atoms with Crippen LogP contribution in [0.3, 0.4) is 0 Å². The molecule has 0 unspecified atom stereocenters. The van der Waals surface area contributed by atoms with Crippen LogP contribution in [0.5, 0.6) is 0 Å². The van der Waals surface area contributed by atoms with Gasteiger partial charge < -0.3 is 20.8 Å². The van der Waals surface area contributed by atoms with E-state index in [0.29, 0.717) is 38.1 Å². The lowest BCUT2D eigenvalue weighted by molar-refractivity contribution is -0.142. The van der Waals surface area contributed by atoms with Gasteiger partial charge in [0.25, 0.3) is 0 Å². The number of hydrogen-bond acceptors (Lipinski definition) is 4. The second kappa shape index (κ2) is 10.7. The van der Waals surface area contributed by atoms with Crippen LogP contribution >= 0.6 is 0 Å². The van der Waals surface area contributed by atoms with E-state index in [4.69, 9.17) is 10.2 Å². The summed E-state index contributed by atoms with van der Waals surface area (Å²) >= 11 is 0. The van der Waals surface area contributed by atoms with Gasteiger partial charge in [-0.15, -0.1) is 0 Å². The summed E-state index contributed by atoms with van der Waals surface area (Å²) in [6, 6.07) is -0.838. The largest absolute Gasteiger partial charge is 0.481 e. The fraction of sp³-hybridized carbons (Fsp3) is 0.765. The van der Waals surface area contributed by atoms with E-state index in [1.165, 1.54) is 0 Å². The van der Waals surface area contributed by atoms with Crippen molar-refractivity contribution in [3.63, 3.8) is 0 Å². The van der Waals surface area contributed by atoms with E-state index in [2.05, 4.69) is 10.6 Å². The molecular weight excluding hydrogens is 328 g/mol. The van der Waals surface area contributed by atoms with Gasteiger partial charge in [0.1, 0.15) is 6.04 Å². The molecule has 0 aromatic rings. The van der Waals surface area contributed by atoms with Crippen LogP contribution in [-0.4, -0.2) is 46.6 Å². The summed E-state index contributed by atoms with van der Waals surface area (Å²) in [5, 5.41) is 22.9. The van der Waals surface area contributed by atoms with Crippen LogP contribution in [0.15, 0.2) is 0 Å². The molecule has 0 aliphatic heterocycles. The number of carboxylic acid groups (broad SMARTS) is 2. The lowest BCUT2D eigenvalue weighted by Crippen LogP contribution is -2.44. The van der Waals surface area contributed by atoms with Crippen molar-refractivity contribution in [3.05, 3.63) is 0 Å². The summed E-state index contributed by atoms with van der Waals surface area (Å²) in [7, 11) is 0. The van der Waals surface area contributed by atoms with Crippen LogP contribution in [-0.2, 0) is 19.2 Å².